The Bertz CT molecular complexity index is 2820. The van der Waals surface area contributed by atoms with Gasteiger partial charge in [-0.1, -0.05) is 152 Å². The van der Waals surface area contributed by atoms with Crippen LogP contribution in [0.25, 0.3) is 98.4 Å². The Balaban J connectivity index is 1.03. The normalized spacial score (nSPS) is 11.5. The van der Waals surface area contributed by atoms with Crippen LogP contribution in [-0.4, -0.2) is 19.9 Å². The molecule has 0 saturated carbocycles. The van der Waals surface area contributed by atoms with Crippen molar-refractivity contribution in [3.05, 3.63) is 170 Å². The lowest BCUT2D eigenvalue weighted by Gasteiger charge is -2.10. The summed E-state index contributed by atoms with van der Waals surface area (Å²) in [7, 11) is 0. The summed E-state index contributed by atoms with van der Waals surface area (Å²) < 4.78 is 2.50. The Morgan fingerprint density at radius 2 is 0.824 bits per heavy atom. The molecule has 10 rings (SSSR count). The van der Waals surface area contributed by atoms with E-state index in [-0.39, 0.29) is 0 Å². The number of pyridine rings is 1. The third-order valence-electron chi connectivity index (χ3n) is 9.51. The molecule has 0 atom stereocenters. The SMILES string of the molecule is c1ccc(-c2nc(-c3ccccc3)nc(-c3ccc(-c4ccc(-c5nc6cc7ccccc7cc6c6c5sc5ccccc56)cc4)cc3)n2)cc1. The Labute approximate surface area is 298 Å². The van der Waals surface area contributed by atoms with Crippen LogP contribution in [0.4, 0.5) is 0 Å². The summed E-state index contributed by atoms with van der Waals surface area (Å²) >= 11 is 1.82. The van der Waals surface area contributed by atoms with Gasteiger partial charge in [-0.2, -0.15) is 0 Å². The zero-order valence-corrected chi connectivity index (χ0v) is 28.2. The first-order valence-corrected chi connectivity index (χ1v) is 17.8. The summed E-state index contributed by atoms with van der Waals surface area (Å²) in [5.74, 6) is 1.96. The average Bonchev–Trinajstić information content (AvgIpc) is 3.61. The van der Waals surface area contributed by atoms with Crippen molar-refractivity contribution in [1.29, 1.82) is 0 Å². The number of benzene rings is 7. The number of rotatable bonds is 5. The Kier molecular flexibility index (Phi) is 6.96. The van der Waals surface area contributed by atoms with Gasteiger partial charge in [0, 0.05) is 43.1 Å². The molecule has 3 aromatic heterocycles. The molecule has 0 aliphatic rings. The number of hydrogen-bond donors (Lipinski definition) is 0. The van der Waals surface area contributed by atoms with Crippen molar-refractivity contribution >= 4 is 53.2 Å². The Hall–Kier alpha value is -6.56. The van der Waals surface area contributed by atoms with Crippen molar-refractivity contribution in [3.8, 4) is 56.5 Å². The molecule has 0 aliphatic carbocycles. The van der Waals surface area contributed by atoms with E-state index in [1.165, 1.54) is 36.3 Å². The molecule has 0 spiro atoms. The van der Waals surface area contributed by atoms with Gasteiger partial charge in [-0.05, 0) is 40.1 Å². The van der Waals surface area contributed by atoms with Gasteiger partial charge in [-0.15, -0.1) is 11.3 Å². The minimum atomic E-state index is 0.645. The van der Waals surface area contributed by atoms with Crippen molar-refractivity contribution in [2.24, 2.45) is 0 Å². The fourth-order valence-electron chi connectivity index (χ4n) is 6.94. The summed E-state index contributed by atoms with van der Waals surface area (Å²) in [6.07, 6.45) is 0. The molecular formula is C46H28N4S. The standard InChI is InChI=1S/C46H28N4S/c1-3-11-32(12-4-1)44-48-45(33-13-5-2-6-14-33)50-46(49-44)34-25-21-30(22-26-34)29-19-23-31(24-20-29)42-43-41(37-17-9-10-18-40(37)51-43)38-27-35-15-7-8-16-36(35)28-39(38)47-42/h1-28H. The van der Waals surface area contributed by atoms with Crippen molar-refractivity contribution in [2.45, 2.75) is 0 Å². The summed E-state index contributed by atoms with van der Waals surface area (Å²) in [5, 5.41) is 6.20. The topological polar surface area (TPSA) is 51.6 Å². The Morgan fingerprint density at radius 1 is 0.353 bits per heavy atom. The van der Waals surface area contributed by atoms with Crippen molar-refractivity contribution in [3.63, 3.8) is 0 Å². The van der Waals surface area contributed by atoms with E-state index in [0.29, 0.717) is 17.5 Å². The van der Waals surface area contributed by atoms with Crippen molar-refractivity contribution in [2.75, 3.05) is 0 Å². The molecule has 0 N–H and O–H groups in total. The maximum Gasteiger partial charge on any atom is 0.164 e. The molecule has 51 heavy (non-hydrogen) atoms. The predicted octanol–water partition coefficient (Wildman–Crippen LogP) is 12.3. The number of fused-ring (bicyclic) bond motifs is 6. The van der Waals surface area contributed by atoms with Crippen molar-refractivity contribution < 1.29 is 0 Å². The number of aromatic nitrogens is 4. The van der Waals surface area contributed by atoms with Gasteiger partial charge in [0.25, 0.3) is 0 Å². The highest BCUT2D eigenvalue weighted by Gasteiger charge is 2.17. The molecule has 0 fully saturated rings. The fraction of sp³-hybridized carbons (Fsp3) is 0. The summed E-state index contributed by atoms with van der Waals surface area (Å²) in [6, 6.07) is 59.2. The van der Waals surface area contributed by atoms with E-state index >= 15 is 0 Å². The first kappa shape index (κ1) is 29.4. The zero-order valence-electron chi connectivity index (χ0n) is 27.4. The van der Waals surface area contributed by atoms with Crippen LogP contribution in [0.1, 0.15) is 0 Å². The molecule has 238 valence electrons. The van der Waals surface area contributed by atoms with Crippen LogP contribution in [0.5, 0.6) is 0 Å². The average molecular weight is 669 g/mol. The maximum atomic E-state index is 5.32. The minimum absolute atomic E-state index is 0.645. The monoisotopic (exact) mass is 668 g/mol. The summed E-state index contributed by atoms with van der Waals surface area (Å²) in [6.45, 7) is 0. The molecule has 3 heterocycles. The number of hydrogen-bond acceptors (Lipinski definition) is 5. The van der Waals surface area contributed by atoms with Gasteiger partial charge in [-0.3, -0.25) is 0 Å². The van der Waals surface area contributed by atoms with Crippen LogP contribution in [-0.2, 0) is 0 Å². The molecule has 0 aliphatic heterocycles. The molecule has 0 radical (unpaired) electrons. The van der Waals surface area contributed by atoms with Crippen LogP contribution >= 0.6 is 11.3 Å². The van der Waals surface area contributed by atoms with Gasteiger partial charge in [-0.25, -0.2) is 19.9 Å². The molecule has 4 nitrogen and oxygen atoms in total. The van der Waals surface area contributed by atoms with Crippen LogP contribution in [0.15, 0.2) is 170 Å². The quantitative estimate of drug-likeness (QED) is 0.171. The molecule has 0 unspecified atom stereocenters. The third kappa shape index (κ3) is 5.23. The lowest BCUT2D eigenvalue weighted by atomic mass is 9.98. The highest BCUT2D eigenvalue weighted by molar-refractivity contribution is 7.26. The zero-order chi connectivity index (χ0) is 33.7. The van der Waals surface area contributed by atoms with Crippen molar-refractivity contribution in [1.82, 2.24) is 19.9 Å². The van der Waals surface area contributed by atoms with Gasteiger partial charge in [0.05, 0.1) is 15.9 Å². The minimum Gasteiger partial charge on any atom is -0.246 e. The van der Waals surface area contributed by atoms with Crippen LogP contribution in [0.2, 0.25) is 0 Å². The van der Waals surface area contributed by atoms with Gasteiger partial charge in [0.2, 0.25) is 0 Å². The fourth-order valence-corrected chi connectivity index (χ4v) is 8.17. The van der Waals surface area contributed by atoms with E-state index in [2.05, 4.69) is 109 Å². The van der Waals surface area contributed by atoms with E-state index in [9.17, 15) is 0 Å². The third-order valence-corrected chi connectivity index (χ3v) is 10.7. The molecule has 0 amide bonds. The van der Waals surface area contributed by atoms with Crippen LogP contribution < -0.4 is 0 Å². The van der Waals surface area contributed by atoms with E-state index in [1.807, 2.05) is 72.0 Å². The second-order valence-electron chi connectivity index (χ2n) is 12.7. The lowest BCUT2D eigenvalue weighted by Crippen LogP contribution is -2.00. The molecular weight excluding hydrogens is 641 g/mol. The Morgan fingerprint density at radius 3 is 1.43 bits per heavy atom. The molecule has 5 heteroatoms. The number of nitrogens with zero attached hydrogens (tertiary/aromatic N) is 4. The van der Waals surface area contributed by atoms with Gasteiger partial charge >= 0.3 is 0 Å². The highest BCUT2D eigenvalue weighted by atomic mass is 32.1. The first-order valence-electron chi connectivity index (χ1n) is 17.0. The van der Waals surface area contributed by atoms with Gasteiger partial charge in [0.15, 0.2) is 17.5 Å². The molecule has 0 bridgehead atoms. The van der Waals surface area contributed by atoms with E-state index in [4.69, 9.17) is 19.9 Å². The maximum absolute atomic E-state index is 5.32. The van der Waals surface area contributed by atoms with Gasteiger partial charge < -0.3 is 0 Å². The van der Waals surface area contributed by atoms with Gasteiger partial charge in [0.1, 0.15) is 0 Å². The molecule has 7 aromatic carbocycles. The van der Waals surface area contributed by atoms with E-state index in [1.54, 1.807) is 0 Å². The predicted molar refractivity (Wildman–Crippen MR) is 213 cm³/mol. The van der Waals surface area contributed by atoms with Crippen LogP contribution in [0, 0.1) is 0 Å². The second-order valence-corrected chi connectivity index (χ2v) is 13.7. The smallest absolute Gasteiger partial charge is 0.164 e. The van der Waals surface area contributed by atoms with E-state index < -0.39 is 0 Å². The van der Waals surface area contributed by atoms with Crippen LogP contribution in [0.3, 0.4) is 0 Å². The lowest BCUT2D eigenvalue weighted by molar-refractivity contribution is 1.07. The first-order chi connectivity index (χ1) is 25.2. The highest BCUT2D eigenvalue weighted by Crippen LogP contribution is 2.43. The molecule has 10 aromatic rings. The summed E-state index contributed by atoms with van der Waals surface area (Å²) in [5.41, 5.74) is 8.25. The molecule has 0 saturated heterocycles. The second kappa shape index (κ2) is 12.1. The largest absolute Gasteiger partial charge is 0.246 e. The van der Waals surface area contributed by atoms with E-state index in [0.717, 1.165) is 44.6 Å². The number of thiophene rings is 1. The summed E-state index contributed by atoms with van der Waals surface area (Å²) in [4.78, 5) is 19.9.